The molecule has 0 atom stereocenters. The van der Waals surface area contributed by atoms with Crippen molar-refractivity contribution >= 4 is 17.8 Å². The molecule has 1 rings (SSSR count). The van der Waals surface area contributed by atoms with Crippen LogP contribution in [0.1, 0.15) is 43.6 Å². The molecule has 1 N–H and O–H groups in total. The monoisotopic (exact) mass is 348 g/mol. The highest BCUT2D eigenvalue weighted by Crippen LogP contribution is 2.12. The molecule has 0 spiro atoms. The third kappa shape index (κ3) is 6.57. The molecule has 0 saturated carbocycles. The molecule has 0 saturated heterocycles. The van der Waals surface area contributed by atoms with Crippen molar-refractivity contribution < 1.29 is 19.5 Å². The summed E-state index contributed by atoms with van der Waals surface area (Å²) >= 11 is 0. The lowest BCUT2D eigenvalue weighted by molar-refractivity contribution is -0.138. The van der Waals surface area contributed by atoms with Gasteiger partial charge in [-0.25, -0.2) is 0 Å². The van der Waals surface area contributed by atoms with Gasteiger partial charge in [0.1, 0.15) is 6.54 Å². The van der Waals surface area contributed by atoms with Crippen LogP contribution in [0.2, 0.25) is 0 Å². The average molecular weight is 348 g/mol. The first kappa shape index (κ1) is 20.7. The predicted octanol–water partition coefficient (Wildman–Crippen LogP) is 2.48. The van der Waals surface area contributed by atoms with Gasteiger partial charge in [-0.15, -0.1) is 0 Å². The van der Waals surface area contributed by atoms with Crippen LogP contribution in [-0.2, 0) is 16.1 Å². The van der Waals surface area contributed by atoms with E-state index in [1.807, 2.05) is 27.7 Å². The highest BCUT2D eigenvalue weighted by Gasteiger charge is 2.20. The molecule has 0 aliphatic heterocycles. The molecule has 25 heavy (non-hydrogen) atoms. The molecule has 0 aliphatic carbocycles. The number of carbonyl (C=O) groups is 3. The maximum atomic E-state index is 12.5. The molecule has 0 bridgehead atoms. The van der Waals surface area contributed by atoms with Crippen LogP contribution >= 0.6 is 0 Å². The molecule has 0 aliphatic rings. The fourth-order valence-electron chi connectivity index (χ4n) is 2.55. The van der Waals surface area contributed by atoms with E-state index >= 15 is 0 Å². The minimum Gasteiger partial charge on any atom is -0.480 e. The Morgan fingerprint density at radius 1 is 1.04 bits per heavy atom. The Hall–Kier alpha value is -2.37. The summed E-state index contributed by atoms with van der Waals surface area (Å²) in [5, 5.41) is 9.00. The molecular formula is C19H28N2O4. The second kappa shape index (κ2) is 9.20. The van der Waals surface area contributed by atoms with Crippen LogP contribution in [0.15, 0.2) is 24.3 Å². The number of carbonyl (C=O) groups excluding carboxylic acids is 2. The highest BCUT2D eigenvalue weighted by atomic mass is 16.4. The molecule has 138 valence electrons. The summed E-state index contributed by atoms with van der Waals surface area (Å²) in [4.78, 5) is 38.5. The van der Waals surface area contributed by atoms with E-state index in [1.54, 1.807) is 36.2 Å². The van der Waals surface area contributed by atoms with Crippen molar-refractivity contribution in [2.75, 3.05) is 20.1 Å². The van der Waals surface area contributed by atoms with Gasteiger partial charge in [0.05, 0.1) is 0 Å². The van der Waals surface area contributed by atoms with Crippen molar-refractivity contribution in [2.24, 2.45) is 11.8 Å². The molecule has 6 nitrogen and oxygen atoms in total. The molecule has 2 amide bonds. The third-order valence-electron chi connectivity index (χ3n) is 3.69. The van der Waals surface area contributed by atoms with E-state index in [0.717, 1.165) is 5.56 Å². The van der Waals surface area contributed by atoms with Crippen molar-refractivity contribution in [1.82, 2.24) is 9.80 Å². The Balaban J connectivity index is 2.84. The SMILES string of the molecule is CC(C)CN(CC(=O)O)C(=O)c1ccc(CN(C)C(=O)C(C)C)cc1. The first-order valence-electron chi connectivity index (χ1n) is 8.46. The lowest BCUT2D eigenvalue weighted by Crippen LogP contribution is -2.38. The van der Waals surface area contributed by atoms with E-state index < -0.39 is 5.97 Å². The lowest BCUT2D eigenvalue weighted by Gasteiger charge is -2.23. The van der Waals surface area contributed by atoms with Crippen molar-refractivity contribution in [1.29, 1.82) is 0 Å². The minimum absolute atomic E-state index is 0.0599. The zero-order valence-electron chi connectivity index (χ0n) is 15.7. The van der Waals surface area contributed by atoms with Gasteiger partial charge in [0.2, 0.25) is 5.91 Å². The smallest absolute Gasteiger partial charge is 0.323 e. The summed E-state index contributed by atoms with van der Waals surface area (Å²) in [6, 6.07) is 6.96. The van der Waals surface area contributed by atoms with Crippen LogP contribution < -0.4 is 0 Å². The summed E-state index contributed by atoms with van der Waals surface area (Å²) in [5.41, 5.74) is 1.37. The maximum Gasteiger partial charge on any atom is 0.323 e. The first-order valence-corrected chi connectivity index (χ1v) is 8.46. The number of amides is 2. The van der Waals surface area contributed by atoms with Gasteiger partial charge in [0.15, 0.2) is 0 Å². The van der Waals surface area contributed by atoms with Crippen molar-refractivity contribution in [3.8, 4) is 0 Å². The van der Waals surface area contributed by atoms with Crippen LogP contribution in [0.4, 0.5) is 0 Å². The normalized spacial score (nSPS) is 10.8. The molecular weight excluding hydrogens is 320 g/mol. The lowest BCUT2D eigenvalue weighted by atomic mass is 10.1. The summed E-state index contributed by atoms with van der Waals surface area (Å²) in [5.74, 6) is -1.15. The molecule has 6 heteroatoms. The zero-order valence-corrected chi connectivity index (χ0v) is 15.7. The van der Waals surface area contributed by atoms with E-state index in [2.05, 4.69) is 0 Å². The fourth-order valence-corrected chi connectivity index (χ4v) is 2.55. The maximum absolute atomic E-state index is 12.5. The molecule has 0 radical (unpaired) electrons. The van der Waals surface area contributed by atoms with Gasteiger partial charge in [0, 0.05) is 31.6 Å². The van der Waals surface area contributed by atoms with Gasteiger partial charge in [-0.05, 0) is 23.6 Å². The highest BCUT2D eigenvalue weighted by molar-refractivity contribution is 5.95. The van der Waals surface area contributed by atoms with Gasteiger partial charge in [-0.1, -0.05) is 39.8 Å². The van der Waals surface area contributed by atoms with Crippen LogP contribution in [0, 0.1) is 11.8 Å². The zero-order chi connectivity index (χ0) is 19.1. The van der Waals surface area contributed by atoms with Gasteiger partial charge >= 0.3 is 5.97 Å². The second-order valence-electron chi connectivity index (χ2n) is 7.02. The van der Waals surface area contributed by atoms with Gasteiger partial charge < -0.3 is 14.9 Å². The topological polar surface area (TPSA) is 77.9 Å². The van der Waals surface area contributed by atoms with Crippen LogP contribution in [0.25, 0.3) is 0 Å². The molecule has 0 fully saturated rings. The number of hydrogen-bond donors (Lipinski definition) is 1. The van der Waals surface area contributed by atoms with Crippen molar-refractivity contribution in [3.63, 3.8) is 0 Å². The molecule has 0 aromatic heterocycles. The number of aliphatic carboxylic acids is 1. The molecule has 0 heterocycles. The van der Waals surface area contributed by atoms with Gasteiger partial charge in [-0.3, -0.25) is 14.4 Å². The molecule has 1 aromatic carbocycles. The summed E-state index contributed by atoms with van der Waals surface area (Å²) in [6.45, 7) is 8.12. The van der Waals surface area contributed by atoms with Crippen LogP contribution in [0.3, 0.4) is 0 Å². The number of carboxylic acids is 1. The minimum atomic E-state index is -1.03. The summed E-state index contributed by atoms with van der Waals surface area (Å²) in [6.07, 6.45) is 0. The number of hydrogen-bond acceptors (Lipinski definition) is 3. The van der Waals surface area contributed by atoms with E-state index in [1.165, 1.54) is 4.90 Å². The molecule has 0 unspecified atom stereocenters. The Labute approximate surface area is 149 Å². The fraction of sp³-hybridized carbons (Fsp3) is 0.526. The van der Waals surface area contributed by atoms with E-state index in [4.69, 9.17) is 5.11 Å². The number of rotatable bonds is 8. The second-order valence-corrected chi connectivity index (χ2v) is 7.02. The summed E-state index contributed by atoms with van der Waals surface area (Å²) in [7, 11) is 1.75. The number of carboxylic acid groups (broad SMARTS) is 1. The number of benzene rings is 1. The quantitative estimate of drug-likeness (QED) is 0.783. The van der Waals surface area contributed by atoms with Gasteiger partial charge in [-0.2, -0.15) is 0 Å². The third-order valence-corrected chi connectivity index (χ3v) is 3.69. The Morgan fingerprint density at radius 2 is 1.60 bits per heavy atom. The Kier molecular flexibility index (Phi) is 7.61. The van der Waals surface area contributed by atoms with Gasteiger partial charge in [0.25, 0.3) is 5.91 Å². The average Bonchev–Trinajstić information content (AvgIpc) is 2.52. The predicted molar refractivity (Wildman–Crippen MR) is 96.1 cm³/mol. The molecule has 1 aromatic rings. The van der Waals surface area contributed by atoms with Crippen molar-refractivity contribution in [2.45, 2.75) is 34.2 Å². The van der Waals surface area contributed by atoms with E-state index in [0.29, 0.717) is 18.7 Å². The van der Waals surface area contributed by atoms with Crippen LogP contribution in [-0.4, -0.2) is 52.8 Å². The Bertz CT molecular complexity index is 608. The Morgan fingerprint density at radius 3 is 2.04 bits per heavy atom. The summed E-state index contributed by atoms with van der Waals surface area (Å²) < 4.78 is 0. The first-order chi connectivity index (χ1) is 11.6. The van der Waals surface area contributed by atoms with E-state index in [-0.39, 0.29) is 30.2 Å². The standard InChI is InChI=1S/C19H28N2O4/c1-13(2)10-21(12-17(22)23)19(25)16-8-6-15(7-9-16)11-20(5)18(24)14(3)4/h6-9,13-14H,10-12H2,1-5H3,(H,22,23). The van der Waals surface area contributed by atoms with E-state index in [9.17, 15) is 14.4 Å². The van der Waals surface area contributed by atoms with Crippen LogP contribution in [0.5, 0.6) is 0 Å². The largest absolute Gasteiger partial charge is 0.480 e. The van der Waals surface area contributed by atoms with Crippen molar-refractivity contribution in [3.05, 3.63) is 35.4 Å². The number of nitrogens with zero attached hydrogens (tertiary/aromatic N) is 2.